The zero-order valence-corrected chi connectivity index (χ0v) is 12.9. The van der Waals surface area contributed by atoms with Crippen molar-refractivity contribution in [3.05, 3.63) is 34.4 Å². The Morgan fingerprint density at radius 2 is 0.952 bits per heavy atom. The van der Waals surface area contributed by atoms with Crippen molar-refractivity contribution >= 4 is 0 Å². The Bertz CT molecular complexity index is 426. The van der Waals surface area contributed by atoms with Crippen LogP contribution in [0.4, 0.5) is 17.6 Å². The lowest BCUT2D eigenvalue weighted by atomic mass is 9.99. The maximum Gasteiger partial charge on any atom is 0.165 e. The van der Waals surface area contributed by atoms with E-state index in [0.717, 1.165) is 32.1 Å². The van der Waals surface area contributed by atoms with Gasteiger partial charge in [0.05, 0.1) is 0 Å². The largest absolute Gasteiger partial charge is 0.203 e. The Balaban J connectivity index is 2.74. The Morgan fingerprint density at radius 3 is 1.43 bits per heavy atom. The average Bonchev–Trinajstić information content (AvgIpc) is 2.48. The summed E-state index contributed by atoms with van der Waals surface area (Å²) in [5, 5.41) is 0. The summed E-state index contributed by atoms with van der Waals surface area (Å²) < 4.78 is 55.3. The Morgan fingerprint density at radius 1 is 0.524 bits per heavy atom. The van der Waals surface area contributed by atoms with Crippen molar-refractivity contribution in [1.29, 1.82) is 0 Å². The Labute approximate surface area is 124 Å². The van der Waals surface area contributed by atoms with Crippen molar-refractivity contribution < 1.29 is 17.6 Å². The summed E-state index contributed by atoms with van der Waals surface area (Å²) in [5.41, 5.74) is -0.917. The summed E-state index contributed by atoms with van der Waals surface area (Å²) in [6.45, 7) is 3.81. The quantitative estimate of drug-likeness (QED) is 0.294. The lowest BCUT2D eigenvalue weighted by molar-refractivity contribution is 0.422. The van der Waals surface area contributed by atoms with Gasteiger partial charge in [-0.1, -0.05) is 52.4 Å². The van der Waals surface area contributed by atoms with E-state index in [1.165, 1.54) is 0 Å². The van der Waals surface area contributed by atoms with Crippen LogP contribution in [-0.4, -0.2) is 0 Å². The van der Waals surface area contributed by atoms with Crippen molar-refractivity contribution in [2.24, 2.45) is 0 Å². The molecule has 21 heavy (non-hydrogen) atoms. The highest BCUT2D eigenvalue weighted by molar-refractivity contribution is 5.30. The number of hydrogen-bond acceptors (Lipinski definition) is 0. The third-order valence-electron chi connectivity index (χ3n) is 3.73. The zero-order valence-electron chi connectivity index (χ0n) is 12.9. The number of halogens is 4. The van der Waals surface area contributed by atoms with E-state index in [-0.39, 0.29) is 12.8 Å². The van der Waals surface area contributed by atoms with Crippen LogP contribution in [0.1, 0.15) is 69.9 Å². The van der Waals surface area contributed by atoms with Gasteiger partial charge in [-0.2, -0.15) is 0 Å². The second-order valence-corrected chi connectivity index (χ2v) is 5.48. The van der Waals surface area contributed by atoms with Crippen LogP contribution in [0.15, 0.2) is 0 Å². The predicted octanol–water partition coefficient (Wildman–Crippen LogP) is 6.10. The van der Waals surface area contributed by atoms with Gasteiger partial charge in [0, 0.05) is 11.1 Å². The first-order chi connectivity index (χ1) is 10.0. The summed E-state index contributed by atoms with van der Waals surface area (Å²) in [7, 11) is 0. The zero-order chi connectivity index (χ0) is 15.8. The number of rotatable bonds is 9. The lowest BCUT2D eigenvalue weighted by Gasteiger charge is -2.11. The molecule has 0 unspecified atom stereocenters. The van der Waals surface area contributed by atoms with Crippen LogP contribution in [0.3, 0.4) is 0 Å². The molecule has 0 aliphatic rings. The van der Waals surface area contributed by atoms with Gasteiger partial charge in [-0.05, 0) is 19.3 Å². The Kier molecular flexibility index (Phi) is 7.76. The van der Waals surface area contributed by atoms with Gasteiger partial charge >= 0.3 is 0 Å². The van der Waals surface area contributed by atoms with Gasteiger partial charge in [-0.25, -0.2) is 17.6 Å². The molecule has 0 N–H and O–H groups in total. The normalized spacial score (nSPS) is 11.1. The molecular weight excluding hydrogens is 280 g/mol. The van der Waals surface area contributed by atoms with Gasteiger partial charge in [0.1, 0.15) is 0 Å². The van der Waals surface area contributed by atoms with Gasteiger partial charge < -0.3 is 0 Å². The molecule has 0 bridgehead atoms. The molecule has 0 saturated heterocycles. The van der Waals surface area contributed by atoms with Crippen molar-refractivity contribution in [2.75, 3.05) is 0 Å². The van der Waals surface area contributed by atoms with E-state index in [1.54, 1.807) is 6.92 Å². The molecule has 0 amide bonds. The molecule has 1 aromatic carbocycles. The molecule has 4 heteroatoms. The van der Waals surface area contributed by atoms with Crippen molar-refractivity contribution in [1.82, 2.24) is 0 Å². The highest BCUT2D eigenvalue weighted by atomic mass is 19.2. The first-order valence-corrected chi connectivity index (χ1v) is 7.88. The van der Waals surface area contributed by atoms with Gasteiger partial charge in [0.15, 0.2) is 23.3 Å². The average molecular weight is 304 g/mol. The monoisotopic (exact) mass is 304 g/mol. The maximum atomic E-state index is 13.9. The molecule has 0 atom stereocenters. The molecule has 0 fully saturated rings. The second-order valence-electron chi connectivity index (χ2n) is 5.48. The van der Waals surface area contributed by atoms with E-state index in [0.29, 0.717) is 12.8 Å². The fourth-order valence-electron chi connectivity index (χ4n) is 2.49. The van der Waals surface area contributed by atoms with E-state index >= 15 is 0 Å². The van der Waals surface area contributed by atoms with E-state index < -0.39 is 34.4 Å². The molecular formula is C17H24F4. The van der Waals surface area contributed by atoms with Crippen LogP contribution in [0.5, 0.6) is 0 Å². The Hall–Kier alpha value is -1.06. The summed E-state index contributed by atoms with van der Waals surface area (Å²) >= 11 is 0. The van der Waals surface area contributed by atoms with E-state index in [2.05, 4.69) is 6.92 Å². The fraction of sp³-hybridized carbons (Fsp3) is 0.647. The SMILES string of the molecule is CCCCCCCCc1c(F)c(F)c(CCC)c(F)c1F. The van der Waals surface area contributed by atoms with Crippen LogP contribution in [0.25, 0.3) is 0 Å². The van der Waals surface area contributed by atoms with Crippen LogP contribution >= 0.6 is 0 Å². The molecule has 0 aliphatic carbocycles. The smallest absolute Gasteiger partial charge is 0.165 e. The lowest BCUT2D eigenvalue weighted by Crippen LogP contribution is -2.09. The van der Waals surface area contributed by atoms with Crippen LogP contribution < -0.4 is 0 Å². The molecule has 0 nitrogen and oxygen atoms in total. The van der Waals surface area contributed by atoms with Crippen molar-refractivity contribution in [3.63, 3.8) is 0 Å². The van der Waals surface area contributed by atoms with E-state index in [9.17, 15) is 17.6 Å². The molecule has 0 spiro atoms. The summed E-state index contributed by atoms with van der Waals surface area (Å²) in [6.07, 6.45) is 6.17. The maximum absolute atomic E-state index is 13.9. The van der Waals surface area contributed by atoms with Crippen LogP contribution in [0, 0.1) is 23.3 Å². The fourth-order valence-corrected chi connectivity index (χ4v) is 2.49. The number of unbranched alkanes of at least 4 members (excludes halogenated alkanes) is 5. The molecule has 1 rings (SSSR count). The first kappa shape index (κ1) is 18.0. The van der Waals surface area contributed by atoms with Crippen LogP contribution in [-0.2, 0) is 12.8 Å². The summed E-state index contributed by atoms with van der Waals surface area (Å²) in [5.74, 6) is -4.88. The number of benzene rings is 1. The molecule has 120 valence electrons. The minimum atomic E-state index is -1.23. The second kappa shape index (κ2) is 9.06. The first-order valence-electron chi connectivity index (χ1n) is 7.88. The molecule has 0 saturated carbocycles. The predicted molar refractivity (Wildman–Crippen MR) is 77.3 cm³/mol. The molecule has 0 aromatic heterocycles. The topological polar surface area (TPSA) is 0 Å². The molecule has 0 aliphatic heterocycles. The number of hydrogen-bond donors (Lipinski definition) is 0. The third-order valence-corrected chi connectivity index (χ3v) is 3.73. The highest BCUT2D eigenvalue weighted by Crippen LogP contribution is 2.26. The third kappa shape index (κ3) is 4.72. The highest BCUT2D eigenvalue weighted by Gasteiger charge is 2.24. The van der Waals surface area contributed by atoms with Gasteiger partial charge in [0.25, 0.3) is 0 Å². The molecule has 0 heterocycles. The van der Waals surface area contributed by atoms with Gasteiger partial charge in [-0.3, -0.25) is 0 Å². The van der Waals surface area contributed by atoms with Crippen LogP contribution in [0.2, 0.25) is 0 Å². The molecule has 1 aromatic rings. The summed E-state index contributed by atoms with van der Waals surface area (Å²) in [6, 6.07) is 0. The minimum Gasteiger partial charge on any atom is -0.203 e. The van der Waals surface area contributed by atoms with Crippen molar-refractivity contribution in [2.45, 2.75) is 71.6 Å². The van der Waals surface area contributed by atoms with E-state index in [1.807, 2.05) is 0 Å². The van der Waals surface area contributed by atoms with E-state index in [4.69, 9.17) is 0 Å². The van der Waals surface area contributed by atoms with Crippen molar-refractivity contribution in [3.8, 4) is 0 Å². The minimum absolute atomic E-state index is 0.00278. The van der Waals surface area contributed by atoms with Gasteiger partial charge in [-0.15, -0.1) is 0 Å². The standard InChI is InChI=1S/C17H24F4/c1-3-5-6-7-8-9-11-13-16(20)14(18)12(10-4-2)15(19)17(13)21/h3-11H2,1-2H3. The summed E-state index contributed by atoms with van der Waals surface area (Å²) in [4.78, 5) is 0. The van der Waals surface area contributed by atoms with Gasteiger partial charge in [0.2, 0.25) is 0 Å². The molecule has 0 radical (unpaired) electrons.